The van der Waals surface area contributed by atoms with E-state index in [0.717, 1.165) is 82.8 Å². The number of rotatable bonds is 5. The first-order valence-electron chi connectivity index (χ1n) is 16.6. The maximum Gasteiger partial charge on any atom is 0.164 e. The van der Waals surface area contributed by atoms with Crippen molar-refractivity contribution in [1.29, 1.82) is 0 Å². The van der Waals surface area contributed by atoms with Crippen LogP contribution in [0.1, 0.15) is 0 Å². The van der Waals surface area contributed by atoms with Crippen LogP contribution in [0.5, 0.6) is 0 Å². The van der Waals surface area contributed by atoms with Crippen molar-refractivity contribution in [2.45, 2.75) is 0 Å². The quantitative estimate of drug-likeness (QED) is 0.187. The minimum atomic E-state index is 0.591. The van der Waals surface area contributed by atoms with E-state index >= 15 is 0 Å². The van der Waals surface area contributed by atoms with Crippen molar-refractivity contribution in [2.75, 3.05) is 0 Å². The maximum absolute atomic E-state index is 6.55. The van der Waals surface area contributed by atoms with E-state index in [1.165, 1.54) is 0 Å². The fraction of sp³-hybridized carbons (Fsp3) is 0. The number of hydrogen-bond donors (Lipinski definition) is 0. The highest BCUT2D eigenvalue weighted by atomic mass is 16.3. The lowest BCUT2D eigenvalue weighted by molar-refractivity contribution is 0.668. The molecule has 0 atom stereocenters. The summed E-state index contributed by atoms with van der Waals surface area (Å²) >= 11 is 0. The van der Waals surface area contributed by atoms with Gasteiger partial charge < -0.3 is 8.83 Å². The number of furan rings is 2. The molecule has 0 fully saturated rings. The van der Waals surface area contributed by atoms with Crippen LogP contribution in [-0.2, 0) is 0 Å². The van der Waals surface area contributed by atoms with Crippen LogP contribution in [-0.4, -0.2) is 15.0 Å². The second-order valence-corrected chi connectivity index (χ2v) is 12.4. The van der Waals surface area contributed by atoms with Gasteiger partial charge >= 0.3 is 0 Å². The second-order valence-electron chi connectivity index (χ2n) is 12.4. The van der Waals surface area contributed by atoms with E-state index in [1.54, 1.807) is 0 Å². The van der Waals surface area contributed by atoms with Crippen molar-refractivity contribution in [3.8, 4) is 56.4 Å². The third kappa shape index (κ3) is 4.67. The van der Waals surface area contributed by atoms with Gasteiger partial charge in [-0.1, -0.05) is 133 Å². The zero-order valence-electron chi connectivity index (χ0n) is 26.7. The van der Waals surface area contributed by atoms with Crippen LogP contribution in [0.4, 0.5) is 0 Å². The molecule has 0 spiro atoms. The van der Waals surface area contributed by atoms with Gasteiger partial charge in [0.2, 0.25) is 0 Å². The van der Waals surface area contributed by atoms with Crippen LogP contribution >= 0.6 is 0 Å². The van der Waals surface area contributed by atoms with Crippen molar-refractivity contribution in [2.24, 2.45) is 0 Å². The lowest BCUT2D eigenvalue weighted by Crippen LogP contribution is -2.00. The number of para-hydroxylation sites is 1. The van der Waals surface area contributed by atoms with Gasteiger partial charge in [0, 0.05) is 38.2 Å². The first kappa shape index (κ1) is 28.2. The normalized spacial score (nSPS) is 11.6. The van der Waals surface area contributed by atoms with Gasteiger partial charge in [0.1, 0.15) is 22.3 Å². The molecule has 3 aromatic heterocycles. The predicted octanol–water partition coefficient (Wildman–Crippen LogP) is 12.0. The number of aromatic nitrogens is 3. The molecule has 10 rings (SSSR count). The molecule has 0 aliphatic heterocycles. The number of fused-ring (bicyclic) bond motifs is 6. The Morgan fingerprint density at radius 2 is 0.780 bits per heavy atom. The van der Waals surface area contributed by atoms with E-state index in [4.69, 9.17) is 23.8 Å². The summed E-state index contributed by atoms with van der Waals surface area (Å²) in [5, 5.41) is 4.16. The van der Waals surface area contributed by atoms with Gasteiger partial charge in [0.15, 0.2) is 17.5 Å². The molecule has 0 N–H and O–H groups in total. The lowest BCUT2D eigenvalue weighted by Gasteiger charge is -2.10. The largest absolute Gasteiger partial charge is 0.456 e. The molecule has 10 aromatic rings. The summed E-state index contributed by atoms with van der Waals surface area (Å²) in [5.41, 5.74) is 10.5. The minimum Gasteiger partial charge on any atom is -0.456 e. The smallest absolute Gasteiger partial charge is 0.164 e. The highest BCUT2D eigenvalue weighted by Crippen LogP contribution is 2.41. The van der Waals surface area contributed by atoms with Crippen LogP contribution in [0, 0.1) is 0 Å². The lowest BCUT2D eigenvalue weighted by atomic mass is 9.98. The highest BCUT2D eigenvalue weighted by Gasteiger charge is 2.19. The monoisotopic (exact) mass is 641 g/mol. The van der Waals surface area contributed by atoms with Gasteiger partial charge in [-0.25, -0.2) is 15.0 Å². The predicted molar refractivity (Wildman–Crippen MR) is 202 cm³/mol. The van der Waals surface area contributed by atoms with E-state index in [2.05, 4.69) is 84.9 Å². The molecule has 3 heterocycles. The zero-order valence-corrected chi connectivity index (χ0v) is 26.7. The summed E-state index contributed by atoms with van der Waals surface area (Å²) in [7, 11) is 0. The van der Waals surface area contributed by atoms with Crippen molar-refractivity contribution in [1.82, 2.24) is 15.0 Å². The minimum absolute atomic E-state index is 0.591. The fourth-order valence-electron chi connectivity index (χ4n) is 6.98. The van der Waals surface area contributed by atoms with E-state index in [-0.39, 0.29) is 0 Å². The molecule has 50 heavy (non-hydrogen) atoms. The molecule has 0 aliphatic carbocycles. The average Bonchev–Trinajstić information content (AvgIpc) is 3.77. The molecule has 0 aliphatic rings. The van der Waals surface area contributed by atoms with Gasteiger partial charge in [-0.2, -0.15) is 0 Å². The van der Waals surface area contributed by atoms with Crippen LogP contribution in [0.15, 0.2) is 173 Å². The Morgan fingerprint density at radius 1 is 0.300 bits per heavy atom. The topological polar surface area (TPSA) is 65.0 Å². The van der Waals surface area contributed by atoms with Crippen LogP contribution in [0.2, 0.25) is 0 Å². The Labute approximate surface area is 287 Å². The highest BCUT2D eigenvalue weighted by molar-refractivity contribution is 6.15. The van der Waals surface area contributed by atoms with Crippen molar-refractivity contribution in [3.63, 3.8) is 0 Å². The summed E-state index contributed by atoms with van der Waals surface area (Å²) in [4.78, 5) is 15.1. The van der Waals surface area contributed by atoms with Gasteiger partial charge in [0.25, 0.3) is 0 Å². The first-order chi connectivity index (χ1) is 24.8. The third-order valence-electron chi connectivity index (χ3n) is 9.37. The molecule has 0 radical (unpaired) electrons. The van der Waals surface area contributed by atoms with E-state index in [0.29, 0.717) is 17.5 Å². The molecule has 0 amide bonds. The zero-order chi connectivity index (χ0) is 33.0. The van der Waals surface area contributed by atoms with E-state index in [9.17, 15) is 0 Å². The van der Waals surface area contributed by atoms with Gasteiger partial charge in [-0.15, -0.1) is 0 Å². The fourth-order valence-corrected chi connectivity index (χ4v) is 6.98. The molecule has 5 nitrogen and oxygen atoms in total. The van der Waals surface area contributed by atoms with Gasteiger partial charge in [0.05, 0.1) is 0 Å². The van der Waals surface area contributed by atoms with Gasteiger partial charge in [-0.3, -0.25) is 0 Å². The number of benzene rings is 7. The van der Waals surface area contributed by atoms with Crippen molar-refractivity contribution < 1.29 is 8.83 Å². The molecule has 0 saturated heterocycles. The summed E-state index contributed by atoms with van der Waals surface area (Å²) in [6.45, 7) is 0. The Kier molecular flexibility index (Phi) is 6.42. The molecule has 0 saturated carbocycles. The SMILES string of the molecule is c1ccc(-c2ccc(-c3nc(-c4ccccc4)nc(-c4cccc5oc6cc(-c7cccc8oc9ccccc9c78)ccc6c45)n3)cc2)cc1. The molecular weight excluding hydrogens is 615 g/mol. The Bertz CT molecular complexity index is 2850. The number of hydrogen-bond acceptors (Lipinski definition) is 5. The Morgan fingerprint density at radius 3 is 1.52 bits per heavy atom. The standard InChI is InChI=1S/C45H27N3O2/c1-3-11-28(12-4-1)29-21-23-31(24-22-29)44-46-43(30-13-5-2-6-14-30)47-45(48-44)36-17-10-20-39-42(36)35-26-25-32(27-40(35)50-39)33-16-9-19-38-41(33)34-15-7-8-18-37(34)49-38/h1-27H. The number of nitrogens with zero attached hydrogens (tertiary/aromatic N) is 3. The van der Waals surface area contributed by atoms with Crippen LogP contribution < -0.4 is 0 Å². The summed E-state index contributed by atoms with van der Waals surface area (Å²) in [6.07, 6.45) is 0. The summed E-state index contributed by atoms with van der Waals surface area (Å²) in [5.74, 6) is 1.82. The van der Waals surface area contributed by atoms with Crippen molar-refractivity contribution >= 4 is 43.9 Å². The van der Waals surface area contributed by atoms with E-state index < -0.39 is 0 Å². The Balaban J connectivity index is 1.13. The summed E-state index contributed by atoms with van der Waals surface area (Å²) < 4.78 is 12.7. The average molecular weight is 642 g/mol. The second kappa shape index (κ2) is 11.4. The first-order valence-corrected chi connectivity index (χ1v) is 16.6. The molecule has 5 heteroatoms. The molecular formula is C45H27N3O2. The Hall–Kier alpha value is -6.85. The van der Waals surface area contributed by atoms with Crippen LogP contribution in [0.3, 0.4) is 0 Å². The van der Waals surface area contributed by atoms with Gasteiger partial charge in [-0.05, 0) is 52.6 Å². The molecule has 0 unspecified atom stereocenters. The molecule has 0 bridgehead atoms. The third-order valence-corrected chi connectivity index (χ3v) is 9.37. The van der Waals surface area contributed by atoms with E-state index in [1.807, 2.05) is 78.9 Å². The molecule has 234 valence electrons. The van der Waals surface area contributed by atoms with Crippen molar-refractivity contribution in [3.05, 3.63) is 164 Å². The maximum atomic E-state index is 6.55. The van der Waals surface area contributed by atoms with Crippen LogP contribution in [0.25, 0.3) is 100 Å². The molecule has 7 aromatic carbocycles. The summed E-state index contributed by atoms with van der Waals surface area (Å²) in [6, 6.07) is 55.7.